The highest BCUT2D eigenvalue weighted by Gasteiger charge is 2.10. The number of aromatic amines is 1. The molecule has 120 valence electrons. The molecule has 1 aromatic carbocycles. The van der Waals surface area contributed by atoms with Gasteiger partial charge in [0.1, 0.15) is 11.4 Å². The number of carbonyl (C=O) groups excluding carboxylic acids is 2. The van der Waals surface area contributed by atoms with E-state index in [4.69, 9.17) is 4.74 Å². The van der Waals surface area contributed by atoms with Crippen LogP contribution in [0.3, 0.4) is 0 Å². The monoisotopic (exact) mass is 316 g/mol. The van der Waals surface area contributed by atoms with E-state index >= 15 is 0 Å². The predicted molar refractivity (Wildman–Crippen MR) is 83.3 cm³/mol. The number of carbonyl (C=O) groups is 2. The molecule has 0 saturated heterocycles. The molecule has 0 aliphatic heterocycles. The van der Waals surface area contributed by atoms with Crippen molar-refractivity contribution in [2.24, 2.45) is 0 Å². The van der Waals surface area contributed by atoms with E-state index in [1.54, 1.807) is 18.2 Å². The number of rotatable bonds is 5. The minimum atomic E-state index is -0.437. The van der Waals surface area contributed by atoms with Gasteiger partial charge in [0.25, 0.3) is 11.5 Å². The van der Waals surface area contributed by atoms with E-state index < -0.39 is 5.91 Å². The zero-order chi connectivity index (χ0) is 16.8. The van der Waals surface area contributed by atoms with Crippen LogP contribution in [0.2, 0.25) is 0 Å². The first-order chi connectivity index (χ1) is 11.0. The largest absolute Gasteiger partial charge is 0.496 e. The van der Waals surface area contributed by atoms with E-state index in [1.807, 2.05) is 0 Å². The molecule has 0 spiro atoms. The van der Waals surface area contributed by atoms with Crippen molar-refractivity contribution in [3.8, 4) is 5.75 Å². The van der Waals surface area contributed by atoms with E-state index in [0.717, 1.165) is 0 Å². The van der Waals surface area contributed by atoms with Crippen molar-refractivity contribution in [1.29, 1.82) is 0 Å². The highest BCUT2D eigenvalue weighted by Crippen LogP contribution is 2.22. The van der Waals surface area contributed by atoms with Crippen LogP contribution >= 0.6 is 0 Å². The van der Waals surface area contributed by atoms with E-state index in [2.05, 4.69) is 20.8 Å². The van der Waals surface area contributed by atoms with Gasteiger partial charge in [-0.05, 0) is 24.3 Å². The van der Waals surface area contributed by atoms with Gasteiger partial charge in [-0.25, -0.2) is 5.10 Å². The molecule has 0 radical (unpaired) electrons. The lowest BCUT2D eigenvalue weighted by atomic mass is 10.1. The van der Waals surface area contributed by atoms with E-state index in [-0.39, 0.29) is 23.7 Å². The van der Waals surface area contributed by atoms with Crippen molar-refractivity contribution < 1.29 is 14.3 Å². The number of amides is 2. The predicted octanol–water partition coefficient (Wildman–Crippen LogP) is 0.667. The van der Waals surface area contributed by atoms with Crippen LogP contribution in [0, 0.1) is 0 Å². The smallest absolute Gasteiger partial charge is 0.271 e. The van der Waals surface area contributed by atoms with Crippen LogP contribution in [0.1, 0.15) is 23.0 Å². The van der Waals surface area contributed by atoms with Crippen molar-refractivity contribution in [3.05, 3.63) is 51.9 Å². The lowest BCUT2D eigenvalue weighted by molar-refractivity contribution is -0.114. The fourth-order valence-electron chi connectivity index (χ4n) is 1.93. The summed E-state index contributed by atoms with van der Waals surface area (Å²) in [6.07, 6.45) is 0. The average Bonchev–Trinajstić information content (AvgIpc) is 2.53. The van der Waals surface area contributed by atoms with Crippen LogP contribution in [-0.4, -0.2) is 29.1 Å². The zero-order valence-corrected chi connectivity index (χ0v) is 12.7. The Balaban J connectivity index is 2.11. The number of hydrogen-bond donors (Lipinski definition) is 3. The van der Waals surface area contributed by atoms with Crippen molar-refractivity contribution in [2.75, 3.05) is 12.4 Å². The quantitative estimate of drug-likeness (QED) is 0.750. The number of methoxy groups -OCH3 is 1. The Morgan fingerprint density at radius 3 is 2.65 bits per heavy atom. The van der Waals surface area contributed by atoms with Gasteiger partial charge in [-0.1, -0.05) is 0 Å². The highest BCUT2D eigenvalue weighted by atomic mass is 16.5. The molecule has 1 aromatic heterocycles. The molecule has 0 saturated carbocycles. The second-order valence-corrected chi connectivity index (χ2v) is 4.70. The molecule has 0 aliphatic rings. The van der Waals surface area contributed by atoms with Crippen LogP contribution in [0.4, 0.5) is 5.69 Å². The lowest BCUT2D eigenvalue weighted by Gasteiger charge is -2.12. The molecule has 3 N–H and O–H groups in total. The first kappa shape index (κ1) is 16.2. The summed E-state index contributed by atoms with van der Waals surface area (Å²) in [6.45, 7) is 1.59. The minimum Gasteiger partial charge on any atom is -0.496 e. The molecule has 0 atom stereocenters. The Morgan fingerprint density at radius 2 is 2.04 bits per heavy atom. The number of benzene rings is 1. The third-order valence-electron chi connectivity index (χ3n) is 2.95. The van der Waals surface area contributed by atoms with Crippen molar-refractivity contribution in [2.45, 2.75) is 13.5 Å². The number of anilines is 1. The Hall–Kier alpha value is -3.16. The Bertz CT molecular complexity index is 765. The molecule has 2 aromatic rings. The normalized spacial score (nSPS) is 10.0. The van der Waals surface area contributed by atoms with Crippen LogP contribution in [-0.2, 0) is 11.3 Å². The average molecular weight is 316 g/mol. The van der Waals surface area contributed by atoms with Gasteiger partial charge in [-0.15, -0.1) is 0 Å². The third kappa shape index (κ3) is 4.40. The van der Waals surface area contributed by atoms with Crippen molar-refractivity contribution >= 4 is 17.5 Å². The van der Waals surface area contributed by atoms with Gasteiger partial charge in [0.05, 0.1) is 7.11 Å². The molecule has 0 fully saturated rings. The number of H-pyrrole nitrogens is 1. The number of hydrogen-bond acceptors (Lipinski definition) is 5. The molecular weight excluding hydrogens is 300 g/mol. The van der Waals surface area contributed by atoms with E-state index in [9.17, 15) is 14.4 Å². The molecule has 23 heavy (non-hydrogen) atoms. The SMILES string of the molecule is COc1ccc(NC(C)=O)cc1CNC(=O)c1ccc(=O)[nH]n1. The summed E-state index contributed by atoms with van der Waals surface area (Å²) < 4.78 is 5.23. The second-order valence-electron chi connectivity index (χ2n) is 4.70. The molecular formula is C15H16N4O4. The Labute approximate surface area is 131 Å². The number of aromatic nitrogens is 2. The number of nitrogens with zero attached hydrogens (tertiary/aromatic N) is 1. The zero-order valence-electron chi connectivity index (χ0n) is 12.7. The maximum absolute atomic E-state index is 12.0. The molecule has 8 nitrogen and oxygen atoms in total. The first-order valence-electron chi connectivity index (χ1n) is 6.78. The van der Waals surface area contributed by atoms with Gasteiger partial charge < -0.3 is 15.4 Å². The second kappa shape index (κ2) is 7.21. The summed E-state index contributed by atoms with van der Waals surface area (Å²) in [5.74, 6) is -0.0512. The minimum absolute atomic E-state index is 0.0987. The maximum Gasteiger partial charge on any atom is 0.271 e. The molecule has 1 heterocycles. The maximum atomic E-state index is 12.0. The topological polar surface area (TPSA) is 113 Å². The van der Waals surface area contributed by atoms with Gasteiger partial charge in [0.15, 0.2) is 0 Å². The van der Waals surface area contributed by atoms with Crippen LogP contribution in [0.25, 0.3) is 0 Å². The van der Waals surface area contributed by atoms with Crippen molar-refractivity contribution in [1.82, 2.24) is 15.5 Å². The third-order valence-corrected chi connectivity index (χ3v) is 2.95. The first-order valence-corrected chi connectivity index (χ1v) is 6.78. The molecule has 2 amide bonds. The summed E-state index contributed by atoms with van der Waals surface area (Å²) in [6, 6.07) is 7.67. The van der Waals surface area contributed by atoms with E-state index in [0.29, 0.717) is 17.0 Å². The Kier molecular flexibility index (Phi) is 5.08. The van der Waals surface area contributed by atoms with Gasteiger partial charge in [0.2, 0.25) is 5.91 Å². The molecule has 0 bridgehead atoms. The fourth-order valence-corrected chi connectivity index (χ4v) is 1.93. The highest BCUT2D eigenvalue weighted by molar-refractivity contribution is 5.92. The molecule has 8 heteroatoms. The molecule has 0 aliphatic carbocycles. The van der Waals surface area contributed by atoms with Crippen LogP contribution < -0.4 is 20.9 Å². The number of ether oxygens (including phenoxy) is 1. The standard InChI is InChI=1S/C15H16N4O4/c1-9(20)17-11-3-5-13(23-2)10(7-11)8-16-15(22)12-4-6-14(21)19-18-12/h3-7H,8H2,1-2H3,(H,16,22)(H,17,20)(H,19,21). The van der Waals surface area contributed by atoms with Gasteiger partial charge in [-0.2, -0.15) is 5.10 Å². The van der Waals surface area contributed by atoms with Crippen LogP contribution in [0.15, 0.2) is 35.1 Å². The summed E-state index contributed by atoms with van der Waals surface area (Å²) in [7, 11) is 1.52. The number of nitrogens with one attached hydrogen (secondary N) is 3. The van der Waals surface area contributed by atoms with Gasteiger partial charge >= 0.3 is 0 Å². The lowest BCUT2D eigenvalue weighted by Crippen LogP contribution is -2.25. The summed E-state index contributed by atoms with van der Waals surface area (Å²) in [4.78, 5) is 34.0. The van der Waals surface area contributed by atoms with Gasteiger partial charge in [-0.3, -0.25) is 14.4 Å². The summed E-state index contributed by atoms with van der Waals surface area (Å²) >= 11 is 0. The van der Waals surface area contributed by atoms with Gasteiger partial charge in [0, 0.05) is 30.8 Å². The Morgan fingerprint density at radius 1 is 1.26 bits per heavy atom. The van der Waals surface area contributed by atoms with Crippen molar-refractivity contribution in [3.63, 3.8) is 0 Å². The van der Waals surface area contributed by atoms with E-state index in [1.165, 1.54) is 26.2 Å². The fraction of sp³-hybridized carbons (Fsp3) is 0.200. The summed E-state index contributed by atoms with van der Waals surface area (Å²) in [5.41, 5.74) is 1.01. The molecule has 0 unspecified atom stereocenters. The van der Waals surface area contributed by atoms with Crippen LogP contribution in [0.5, 0.6) is 5.75 Å². The molecule has 2 rings (SSSR count). The summed E-state index contributed by atoms with van der Waals surface area (Å²) in [5, 5.41) is 11.2.